The fourth-order valence-electron chi connectivity index (χ4n) is 2.05. The van der Waals surface area contributed by atoms with Crippen molar-refractivity contribution in [1.29, 1.82) is 0 Å². The molecular formula is C13H12FN3O3S2. The minimum Gasteiger partial charge on any atom is -0.494 e. The molecule has 0 aliphatic carbocycles. The van der Waals surface area contributed by atoms with Gasteiger partial charge >= 0.3 is 0 Å². The molecule has 1 aliphatic rings. The summed E-state index contributed by atoms with van der Waals surface area (Å²) in [6, 6.07) is 2.58. The molecule has 116 valence electrons. The summed E-state index contributed by atoms with van der Waals surface area (Å²) < 4.78 is 19.1. The highest BCUT2D eigenvalue weighted by Gasteiger charge is 2.23. The molecule has 1 aliphatic heterocycles. The van der Waals surface area contributed by atoms with Crippen LogP contribution in [0.5, 0.6) is 5.75 Å². The van der Waals surface area contributed by atoms with Gasteiger partial charge in [0.15, 0.2) is 5.13 Å². The quantitative estimate of drug-likeness (QED) is 0.920. The Hall–Kier alpha value is -1.87. The van der Waals surface area contributed by atoms with Crippen LogP contribution in [-0.4, -0.2) is 47.0 Å². The standard InChI is InChI=1S/C13H12FN3O3S2/c1-20-8-2-7(14)3-9-12(8)16-13(22-9)15-10(18)4-17-6-21-5-11(17)19/h2-3H,4-6H2,1H3,(H,15,16,18). The van der Waals surface area contributed by atoms with E-state index < -0.39 is 5.82 Å². The second-order valence-corrected chi connectivity index (χ2v) is 6.58. The molecule has 2 heterocycles. The van der Waals surface area contributed by atoms with E-state index in [1.54, 1.807) is 0 Å². The molecule has 2 amide bonds. The van der Waals surface area contributed by atoms with Crippen LogP contribution >= 0.6 is 23.1 Å². The van der Waals surface area contributed by atoms with E-state index in [9.17, 15) is 14.0 Å². The smallest absolute Gasteiger partial charge is 0.245 e. The average molecular weight is 341 g/mol. The SMILES string of the molecule is COc1cc(F)cc2sc(NC(=O)CN3CSCC3=O)nc12. The molecule has 22 heavy (non-hydrogen) atoms. The zero-order chi connectivity index (χ0) is 15.7. The first-order valence-electron chi connectivity index (χ1n) is 6.36. The first-order valence-corrected chi connectivity index (χ1v) is 8.33. The molecule has 0 unspecified atom stereocenters. The third-order valence-electron chi connectivity index (χ3n) is 3.05. The van der Waals surface area contributed by atoms with Crippen molar-refractivity contribution in [3.8, 4) is 5.75 Å². The zero-order valence-electron chi connectivity index (χ0n) is 11.6. The van der Waals surface area contributed by atoms with Gasteiger partial charge < -0.3 is 15.0 Å². The van der Waals surface area contributed by atoms with Gasteiger partial charge in [0, 0.05) is 6.07 Å². The van der Waals surface area contributed by atoms with E-state index in [-0.39, 0.29) is 18.4 Å². The molecule has 0 spiro atoms. The first-order chi connectivity index (χ1) is 10.6. The van der Waals surface area contributed by atoms with Crippen LogP contribution in [0.4, 0.5) is 9.52 Å². The van der Waals surface area contributed by atoms with Gasteiger partial charge in [-0.2, -0.15) is 0 Å². The van der Waals surface area contributed by atoms with Crippen molar-refractivity contribution in [2.24, 2.45) is 0 Å². The number of nitrogens with zero attached hydrogens (tertiary/aromatic N) is 2. The lowest BCUT2D eigenvalue weighted by Gasteiger charge is -2.12. The Bertz CT molecular complexity index is 749. The van der Waals surface area contributed by atoms with E-state index >= 15 is 0 Å². The normalized spacial score (nSPS) is 14.6. The number of thiazole rings is 1. The van der Waals surface area contributed by atoms with Crippen LogP contribution in [0.15, 0.2) is 12.1 Å². The molecule has 6 nitrogen and oxygen atoms in total. The highest BCUT2D eigenvalue weighted by molar-refractivity contribution is 8.00. The van der Waals surface area contributed by atoms with E-state index in [1.807, 2.05) is 0 Å². The van der Waals surface area contributed by atoms with E-state index in [0.29, 0.717) is 32.7 Å². The van der Waals surface area contributed by atoms with Crippen molar-refractivity contribution >= 4 is 50.3 Å². The third kappa shape index (κ3) is 3.00. The van der Waals surface area contributed by atoms with Crippen molar-refractivity contribution in [2.45, 2.75) is 0 Å². The van der Waals surface area contributed by atoms with Gasteiger partial charge in [-0.3, -0.25) is 9.59 Å². The minimum atomic E-state index is -0.425. The molecule has 1 saturated heterocycles. The Morgan fingerprint density at radius 2 is 2.36 bits per heavy atom. The fourth-order valence-corrected chi connectivity index (χ4v) is 3.88. The number of fused-ring (bicyclic) bond motifs is 1. The molecule has 1 fully saturated rings. The molecule has 1 aromatic carbocycles. The molecule has 1 aromatic heterocycles. The Morgan fingerprint density at radius 1 is 1.55 bits per heavy atom. The molecule has 0 atom stereocenters. The number of aromatic nitrogens is 1. The number of benzene rings is 1. The number of amides is 2. The number of carbonyl (C=O) groups is 2. The van der Waals surface area contributed by atoms with Gasteiger partial charge in [0.1, 0.15) is 23.6 Å². The van der Waals surface area contributed by atoms with Gasteiger partial charge in [-0.1, -0.05) is 11.3 Å². The zero-order valence-corrected chi connectivity index (χ0v) is 13.2. The van der Waals surface area contributed by atoms with E-state index in [1.165, 1.54) is 35.9 Å². The summed E-state index contributed by atoms with van der Waals surface area (Å²) in [5.41, 5.74) is 0.497. The summed E-state index contributed by atoms with van der Waals surface area (Å²) in [7, 11) is 1.43. The predicted octanol–water partition coefficient (Wildman–Crippen LogP) is 1.92. The summed E-state index contributed by atoms with van der Waals surface area (Å²) in [6.45, 7) is -0.00669. The minimum absolute atomic E-state index is 0.00669. The summed E-state index contributed by atoms with van der Waals surface area (Å²) in [5, 5.41) is 2.99. The van der Waals surface area contributed by atoms with Crippen LogP contribution < -0.4 is 10.1 Å². The van der Waals surface area contributed by atoms with Gasteiger partial charge in [-0.05, 0) is 6.07 Å². The second kappa shape index (κ2) is 6.09. The molecule has 1 N–H and O–H groups in total. The number of carbonyl (C=O) groups excluding carboxylic acids is 2. The Balaban J connectivity index is 1.76. The van der Waals surface area contributed by atoms with Gasteiger partial charge in [-0.25, -0.2) is 9.37 Å². The van der Waals surface area contributed by atoms with Gasteiger partial charge in [0.05, 0.1) is 23.4 Å². The summed E-state index contributed by atoms with van der Waals surface area (Å²) in [6.07, 6.45) is 0. The summed E-state index contributed by atoms with van der Waals surface area (Å²) in [5.74, 6) is 0.446. The maximum atomic E-state index is 13.4. The number of halogens is 1. The Labute approximate surface area is 133 Å². The predicted molar refractivity (Wildman–Crippen MR) is 83.8 cm³/mol. The van der Waals surface area contributed by atoms with E-state index in [2.05, 4.69) is 10.3 Å². The number of anilines is 1. The summed E-state index contributed by atoms with van der Waals surface area (Å²) >= 11 is 2.63. The van der Waals surface area contributed by atoms with Crippen molar-refractivity contribution in [3.05, 3.63) is 17.9 Å². The highest BCUT2D eigenvalue weighted by Crippen LogP contribution is 2.33. The molecule has 0 radical (unpaired) electrons. The second-order valence-electron chi connectivity index (χ2n) is 4.59. The number of nitrogens with one attached hydrogen (secondary N) is 1. The van der Waals surface area contributed by atoms with Crippen LogP contribution in [0.25, 0.3) is 10.2 Å². The number of ether oxygens (including phenoxy) is 1. The fraction of sp³-hybridized carbons (Fsp3) is 0.308. The maximum absolute atomic E-state index is 13.4. The largest absolute Gasteiger partial charge is 0.494 e. The molecular weight excluding hydrogens is 329 g/mol. The Kier molecular flexibility index (Phi) is 4.16. The van der Waals surface area contributed by atoms with Gasteiger partial charge in [0.25, 0.3) is 0 Å². The van der Waals surface area contributed by atoms with Crippen LogP contribution in [0.2, 0.25) is 0 Å². The lowest BCUT2D eigenvalue weighted by molar-refractivity contribution is -0.130. The lowest BCUT2D eigenvalue weighted by atomic mass is 10.3. The highest BCUT2D eigenvalue weighted by atomic mass is 32.2. The van der Waals surface area contributed by atoms with Crippen molar-refractivity contribution in [2.75, 3.05) is 30.6 Å². The molecule has 3 rings (SSSR count). The van der Waals surface area contributed by atoms with Crippen LogP contribution in [0.1, 0.15) is 0 Å². The monoisotopic (exact) mass is 341 g/mol. The maximum Gasteiger partial charge on any atom is 0.245 e. The molecule has 9 heteroatoms. The first kappa shape index (κ1) is 15.0. The number of thioether (sulfide) groups is 1. The van der Waals surface area contributed by atoms with E-state index in [0.717, 1.165) is 11.3 Å². The molecule has 2 aromatic rings. The average Bonchev–Trinajstić information content (AvgIpc) is 3.04. The van der Waals surface area contributed by atoms with E-state index in [4.69, 9.17) is 4.74 Å². The Morgan fingerprint density at radius 3 is 3.05 bits per heavy atom. The third-order valence-corrected chi connectivity index (χ3v) is 4.91. The van der Waals surface area contributed by atoms with Gasteiger partial charge in [-0.15, -0.1) is 11.8 Å². The van der Waals surface area contributed by atoms with Gasteiger partial charge in [0.2, 0.25) is 11.8 Å². The van der Waals surface area contributed by atoms with Crippen LogP contribution in [0.3, 0.4) is 0 Å². The van der Waals surface area contributed by atoms with Crippen LogP contribution in [0, 0.1) is 5.82 Å². The van der Waals surface area contributed by atoms with Crippen LogP contribution in [-0.2, 0) is 9.59 Å². The lowest BCUT2D eigenvalue weighted by Crippen LogP contribution is -2.34. The molecule has 0 bridgehead atoms. The number of rotatable bonds is 4. The summed E-state index contributed by atoms with van der Waals surface area (Å²) in [4.78, 5) is 29.2. The number of methoxy groups -OCH3 is 1. The van der Waals surface area contributed by atoms with Crippen molar-refractivity contribution in [3.63, 3.8) is 0 Å². The number of hydrogen-bond donors (Lipinski definition) is 1. The molecule has 0 saturated carbocycles. The topological polar surface area (TPSA) is 71.5 Å². The number of hydrogen-bond acceptors (Lipinski definition) is 6. The van der Waals surface area contributed by atoms with Crippen molar-refractivity contribution < 1.29 is 18.7 Å². The van der Waals surface area contributed by atoms with Crippen molar-refractivity contribution in [1.82, 2.24) is 9.88 Å².